The van der Waals surface area contributed by atoms with Crippen molar-refractivity contribution in [3.63, 3.8) is 0 Å². The number of hydrogen-bond acceptors (Lipinski definition) is 4. The molecule has 25 heavy (non-hydrogen) atoms. The van der Waals surface area contributed by atoms with Crippen LogP contribution in [0, 0.1) is 11.7 Å². The summed E-state index contributed by atoms with van der Waals surface area (Å²) in [6.07, 6.45) is 0.589. The van der Waals surface area contributed by atoms with Crippen molar-refractivity contribution in [2.24, 2.45) is 5.92 Å². The van der Waals surface area contributed by atoms with Crippen LogP contribution >= 0.6 is 11.3 Å². The molecule has 0 aliphatic carbocycles. The van der Waals surface area contributed by atoms with E-state index in [-0.39, 0.29) is 24.3 Å². The zero-order valence-corrected chi connectivity index (χ0v) is 15.2. The lowest BCUT2D eigenvalue weighted by Crippen LogP contribution is -2.44. The van der Waals surface area contributed by atoms with E-state index in [1.807, 2.05) is 19.2 Å². The lowest BCUT2D eigenvalue weighted by molar-refractivity contribution is -0.131. The van der Waals surface area contributed by atoms with Crippen molar-refractivity contribution >= 4 is 23.3 Å². The Kier molecular flexibility index (Phi) is 4.60. The van der Waals surface area contributed by atoms with Gasteiger partial charge in [-0.05, 0) is 43.5 Å². The van der Waals surface area contributed by atoms with Crippen molar-refractivity contribution in [3.8, 4) is 10.6 Å². The molecule has 2 heterocycles. The fraction of sp³-hybridized carbons (Fsp3) is 0.389. The van der Waals surface area contributed by atoms with E-state index in [0.717, 1.165) is 10.6 Å². The van der Waals surface area contributed by atoms with Crippen molar-refractivity contribution < 1.29 is 14.0 Å². The molecule has 1 fully saturated rings. The lowest BCUT2D eigenvalue weighted by atomic mass is 9.91. The topological polar surface area (TPSA) is 62.3 Å². The zero-order chi connectivity index (χ0) is 18.2. The second-order valence-corrected chi connectivity index (χ2v) is 7.76. The maximum absolute atomic E-state index is 13.0. The quantitative estimate of drug-likeness (QED) is 0.824. The Bertz CT molecular complexity index is 803. The minimum Gasteiger partial charge on any atom is -0.323 e. The standard InChI is InChI=1S/C18H20FN3O2S/c1-11(2)8-18(3)16(23)22(17(24)21-18)9-14-10-25-15(20-14)12-4-6-13(19)7-5-12/h4-7,10-11H,8-9H2,1-3H3,(H,21,24). The normalized spacial score (nSPS) is 20.4. The van der Waals surface area contributed by atoms with Crippen molar-refractivity contribution in [2.45, 2.75) is 39.3 Å². The number of amides is 3. The van der Waals surface area contributed by atoms with E-state index in [4.69, 9.17) is 0 Å². The largest absolute Gasteiger partial charge is 0.325 e. The van der Waals surface area contributed by atoms with Crippen molar-refractivity contribution in [2.75, 3.05) is 0 Å². The predicted molar refractivity (Wildman–Crippen MR) is 94.4 cm³/mol. The summed E-state index contributed by atoms with van der Waals surface area (Å²) >= 11 is 1.40. The zero-order valence-electron chi connectivity index (χ0n) is 14.4. The maximum Gasteiger partial charge on any atom is 0.325 e. The molecule has 1 aromatic heterocycles. The number of thiazole rings is 1. The Morgan fingerprint density at radius 2 is 1.96 bits per heavy atom. The monoisotopic (exact) mass is 361 g/mol. The van der Waals surface area contributed by atoms with Gasteiger partial charge in [0.15, 0.2) is 0 Å². The van der Waals surface area contributed by atoms with Gasteiger partial charge < -0.3 is 5.32 Å². The first kappa shape index (κ1) is 17.5. The molecule has 1 aliphatic heterocycles. The molecule has 0 spiro atoms. The molecule has 5 nitrogen and oxygen atoms in total. The summed E-state index contributed by atoms with van der Waals surface area (Å²) in [6, 6.07) is 5.69. The number of benzene rings is 1. The lowest BCUT2D eigenvalue weighted by Gasteiger charge is -2.23. The van der Waals surface area contributed by atoms with Crippen molar-refractivity contribution in [1.29, 1.82) is 0 Å². The Morgan fingerprint density at radius 3 is 2.60 bits per heavy atom. The van der Waals surface area contributed by atoms with E-state index >= 15 is 0 Å². The van der Waals surface area contributed by atoms with E-state index in [0.29, 0.717) is 18.0 Å². The molecule has 1 aromatic carbocycles. The van der Waals surface area contributed by atoms with Gasteiger partial charge in [-0.1, -0.05) is 13.8 Å². The van der Waals surface area contributed by atoms with E-state index in [9.17, 15) is 14.0 Å². The minimum atomic E-state index is -0.860. The molecule has 0 bridgehead atoms. The van der Waals surface area contributed by atoms with Gasteiger partial charge in [0.05, 0.1) is 12.2 Å². The van der Waals surface area contributed by atoms with Crippen LogP contribution in [-0.2, 0) is 11.3 Å². The van der Waals surface area contributed by atoms with Crippen LogP contribution in [0.3, 0.4) is 0 Å². The van der Waals surface area contributed by atoms with Crippen LogP contribution in [0.4, 0.5) is 9.18 Å². The van der Waals surface area contributed by atoms with Crippen LogP contribution < -0.4 is 5.32 Å². The van der Waals surface area contributed by atoms with Crippen molar-refractivity contribution in [3.05, 3.63) is 41.2 Å². The summed E-state index contributed by atoms with van der Waals surface area (Å²) in [4.78, 5) is 30.6. The molecule has 7 heteroatoms. The van der Waals surface area contributed by atoms with Crippen molar-refractivity contribution in [1.82, 2.24) is 15.2 Å². The van der Waals surface area contributed by atoms with Crippen LogP contribution in [0.15, 0.2) is 29.6 Å². The first-order valence-electron chi connectivity index (χ1n) is 8.13. The Morgan fingerprint density at radius 1 is 1.28 bits per heavy atom. The molecular formula is C18H20FN3O2S. The molecular weight excluding hydrogens is 341 g/mol. The highest BCUT2D eigenvalue weighted by Gasteiger charge is 2.47. The number of carbonyl (C=O) groups excluding carboxylic acids is 2. The summed E-state index contributed by atoms with van der Waals surface area (Å²) in [5, 5.41) is 5.34. The first-order valence-corrected chi connectivity index (χ1v) is 9.01. The third kappa shape index (κ3) is 3.56. The third-order valence-electron chi connectivity index (χ3n) is 4.12. The van der Waals surface area contributed by atoms with E-state index < -0.39 is 5.54 Å². The fourth-order valence-electron chi connectivity index (χ4n) is 3.11. The number of aromatic nitrogens is 1. The predicted octanol–water partition coefficient (Wildman–Crippen LogP) is 3.81. The molecule has 0 saturated carbocycles. The number of urea groups is 1. The van der Waals surface area contributed by atoms with E-state index in [1.54, 1.807) is 19.1 Å². The van der Waals surface area contributed by atoms with Gasteiger partial charge in [-0.25, -0.2) is 14.2 Å². The molecule has 1 unspecified atom stereocenters. The fourth-order valence-corrected chi connectivity index (χ4v) is 3.93. The molecule has 2 aromatic rings. The average Bonchev–Trinajstić information content (AvgIpc) is 3.07. The molecule has 1 N–H and O–H groups in total. The first-order chi connectivity index (χ1) is 11.8. The summed E-state index contributed by atoms with van der Waals surface area (Å²) in [6.45, 7) is 5.93. The average molecular weight is 361 g/mol. The van der Waals surface area contributed by atoms with E-state index in [1.165, 1.54) is 28.4 Å². The molecule has 0 radical (unpaired) electrons. The number of rotatable bonds is 5. The SMILES string of the molecule is CC(C)CC1(C)NC(=O)N(Cc2csc(-c3ccc(F)cc3)n2)C1=O. The van der Waals surface area contributed by atoms with Gasteiger partial charge in [0.1, 0.15) is 16.4 Å². The molecule has 3 rings (SSSR count). The number of nitrogens with one attached hydrogen (secondary N) is 1. The number of imide groups is 1. The molecule has 1 saturated heterocycles. The van der Waals surface area contributed by atoms with Crippen LogP contribution in [0.25, 0.3) is 10.6 Å². The number of hydrogen-bond donors (Lipinski definition) is 1. The summed E-state index contributed by atoms with van der Waals surface area (Å²) in [5.74, 6) is -0.231. The summed E-state index contributed by atoms with van der Waals surface area (Å²) < 4.78 is 13.0. The van der Waals surface area contributed by atoms with Gasteiger partial charge in [-0.3, -0.25) is 9.69 Å². The Labute approximate surface area is 149 Å². The Balaban J connectivity index is 1.76. The van der Waals surface area contributed by atoms with Gasteiger partial charge in [-0.2, -0.15) is 0 Å². The third-order valence-corrected chi connectivity index (χ3v) is 5.06. The Hall–Kier alpha value is -2.28. The van der Waals surface area contributed by atoms with Gasteiger partial charge in [0.25, 0.3) is 5.91 Å². The minimum absolute atomic E-state index is 0.135. The highest BCUT2D eigenvalue weighted by atomic mass is 32.1. The van der Waals surface area contributed by atoms with Crippen LogP contribution in [0.1, 0.15) is 32.9 Å². The second-order valence-electron chi connectivity index (χ2n) is 6.90. The van der Waals surface area contributed by atoms with Crippen LogP contribution in [-0.4, -0.2) is 27.4 Å². The van der Waals surface area contributed by atoms with Gasteiger partial charge >= 0.3 is 6.03 Å². The number of carbonyl (C=O) groups is 2. The smallest absolute Gasteiger partial charge is 0.323 e. The highest BCUT2D eigenvalue weighted by Crippen LogP contribution is 2.28. The number of nitrogens with zero attached hydrogens (tertiary/aromatic N) is 2. The van der Waals surface area contributed by atoms with E-state index in [2.05, 4.69) is 10.3 Å². The van der Waals surface area contributed by atoms with Gasteiger partial charge in [0, 0.05) is 10.9 Å². The van der Waals surface area contributed by atoms with Crippen LogP contribution in [0.2, 0.25) is 0 Å². The molecule has 132 valence electrons. The summed E-state index contributed by atoms with van der Waals surface area (Å²) in [7, 11) is 0. The van der Waals surface area contributed by atoms with Crippen LogP contribution in [0.5, 0.6) is 0 Å². The molecule has 1 atom stereocenters. The maximum atomic E-state index is 13.0. The van der Waals surface area contributed by atoms with Gasteiger partial charge in [0.2, 0.25) is 0 Å². The summed E-state index contributed by atoms with van der Waals surface area (Å²) in [5.41, 5.74) is 0.585. The molecule has 1 aliphatic rings. The highest BCUT2D eigenvalue weighted by molar-refractivity contribution is 7.13. The second kappa shape index (κ2) is 6.55. The molecule has 3 amide bonds. The van der Waals surface area contributed by atoms with Gasteiger partial charge in [-0.15, -0.1) is 11.3 Å². The number of halogens is 1.